The molecule has 1 aliphatic heterocycles. The summed E-state index contributed by atoms with van der Waals surface area (Å²) in [5, 5.41) is 9.93. The molecule has 3 rings (SSSR count). The number of nitriles is 1. The summed E-state index contributed by atoms with van der Waals surface area (Å²) in [6.45, 7) is 9.54. The summed E-state index contributed by atoms with van der Waals surface area (Å²) in [5.74, 6) is 0.574. The monoisotopic (exact) mass is 452 g/mol. The number of rotatable bonds is 9. The predicted molar refractivity (Wildman–Crippen MR) is 127 cm³/mol. The van der Waals surface area contributed by atoms with Gasteiger partial charge in [-0.2, -0.15) is 5.26 Å². The van der Waals surface area contributed by atoms with E-state index in [-0.39, 0.29) is 17.0 Å². The molecule has 1 unspecified atom stereocenters. The molecule has 2 aromatic rings. The first kappa shape index (κ1) is 24.2. The third-order valence-corrected chi connectivity index (χ3v) is 6.18. The summed E-state index contributed by atoms with van der Waals surface area (Å²) >= 11 is 0. The van der Waals surface area contributed by atoms with E-state index in [1.807, 2.05) is 19.1 Å². The molecule has 1 aromatic heterocycles. The third kappa shape index (κ3) is 4.55. The van der Waals surface area contributed by atoms with Gasteiger partial charge in [0.2, 0.25) is 5.88 Å². The normalized spacial score (nSPS) is 15.1. The SMILES string of the molecule is CCN(CC)CCCn1c(C)cc2c(c1=O)C(c1cccc(OC)c1OC)C(C#N)=C(N)O2. The topological polar surface area (TPSA) is 103 Å². The van der Waals surface area contributed by atoms with Gasteiger partial charge in [0.05, 0.1) is 25.7 Å². The van der Waals surface area contributed by atoms with Crippen molar-refractivity contribution in [3.8, 4) is 23.3 Å². The Morgan fingerprint density at radius 3 is 2.58 bits per heavy atom. The summed E-state index contributed by atoms with van der Waals surface area (Å²) in [6.07, 6.45) is 0.832. The highest BCUT2D eigenvalue weighted by molar-refractivity contribution is 5.60. The minimum absolute atomic E-state index is 0.0158. The quantitative estimate of drug-likeness (QED) is 0.623. The maximum Gasteiger partial charge on any atom is 0.258 e. The fourth-order valence-electron chi connectivity index (χ4n) is 4.41. The van der Waals surface area contributed by atoms with Crippen LogP contribution in [0.5, 0.6) is 17.2 Å². The molecule has 0 aliphatic carbocycles. The number of methoxy groups -OCH3 is 2. The fourth-order valence-corrected chi connectivity index (χ4v) is 4.41. The van der Waals surface area contributed by atoms with Crippen LogP contribution in [0.1, 0.15) is 43.0 Å². The van der Waals surface area contributed by atoms with Gasteiger partial charge in [-0.25, -0.2) is 0 Å². The lowest BCUT2D eigenvalue weighted by atomic mass is 9.83. The van der Waals surface area contributed by atoms with Crippen molar-refractivity contribution in [3.63, 3.8) is 0 Å². The Kier molecular flexibility index (Phi) is 7.67. The summed E-state index contributed by atoms with van der Waals surface area (Å²) in [7, 11) is 3.07. The molecule has 33 heavy (non-hydrogen) atoms. The Bertz CT molecular complexity index is 1140. The zero-order chi connectivity index (χ0) is 24.1. The Hall–Kier alpha value is -3.44. The molecule has 2 heterocycles. The van der Waals surface area contributed by atoms with Crippen molar-refractivity contribution in [2.24, 2.45) is 5.73 Å². The van der Waals surface area contributed by atoms with E-state index in [1.165, 1.54) is 7.11 Å². The van der Waals surface area contributed by atoms with Crippen LogP contribution < -0.4 is 25.5 Å². The van der Waals surface area contributed by atoms with Crippen LogP contribution >= 0.6 is 0 Å². The van der Waals surface area contributed by atoms with Crippen LogP contribution in [-0.4, -0.2) is 43.3 Å². The Morgan fingerprint density at radius 2 is 1.97 bits per heavy atom. The summed E-state index contributed by atoms with van der Waals surface area (Å²) in [5.41, 5.74) is 7.88. The van der Waals surface area contributed by atoms with Crippen LogP contribution in [0.2, 0.25) is 0 Å². The standard InChI is InChI=1S/C25H32N4O4/c1-6-28(7-2)12-9-13-29-16(3)14-20-22(25(29)30)21(18(15-26)24(27)33-20)17-10-8-11-19(31-4)23(17)32-5/h8,10-11,14,21H,6-7,9,12-13,27H2,1-5H3. The predicted octanol–water partition coefficient (Wildman–Crippen LogP) is 3.12. The van der Waals surface area contributed by atoms with Crippen LogP contribution in [0.3, 0.4) is 0 Å². The Labute approximate surface area is 194 Å². The van der Waals surface area contributed by atoms with Gasteiger partial charge < -0.3 is 29.4 Å². The largest absolute Gasteiger partial charge is 0.493 e. The average molecular weight is 453 g/mol. The number of hydrogen-bond donors (Lipinski definition) is 1. The van der Waals surface area contributed by atoms with E-state index < -0.39 is 5.92 Å². The fraction of sp³-hybridized carbons (Fsp3) is 0.440. The molecule has 2 N–H and O–H groups in total. The van der Waals surface area contributed by atoms with E-state index in [0.717, 1.165) is 31.7 Å². The van der Waals surface area contributed by atoms with E-state index in [2.05, 4.69) is 24.8 Å². The number of aromatic nitrogens is 1. The van der Waals surface area contributed by atoms with Gasteiger partial charge >= 0.3 is 0 Å². The molecule has 1 atom stereocenters. The van der Waals surface area contributed by atoms with Crippen LogP contribution in [0.25, 0.3) is 0 Å². The van der Waals surface area contributed by atoms with E-state index in [1.54, 1.807) is 23.8 Å². The highest BCUT2D eigenvalue weighted by Gasteiger charge is 2.36. The lowest BCUT2D eigenvalue weighted by Gasteiger charge is -2.28. The second-order valence-electron chi connectivity index (χ2n) is 7.91. The molecule has 0 amide bonds. The second kappa shape index (κ2) is 10.5. The molecule has 1 aromatic carbocycles. The number of aryl methyl sites for hydroxylation is 1. The van der Waals surface area contributed by atoms with E-state index >= 15 is 0 Å². The summed E-state index contributed by atoms with van der Waals surface area (Å²) < 4.78 is 18.6. The van der Waals surface area contributed by atoms with Crippen molar-refractivity contribution in [3.05, 3.63) is 62.9 Å². The molecule has 0 spiro atoms. The van der Waals surface area contributed by atoms with Crippen molar-refractivity contribution in [1.82, 2.24) is 9.47 Å². The Morgan fingerprint density at radius 1 is 1.24 bits per heavy atom. The number of benzene rings is 1. The number of allylic oxidation sites excluding steroid dienone is 1. The van der Waals surface area contributed by atoms with E-state index in [0.29, 0.717) is 34.9 Å². The van der Waals surface area contributed by atoms with Crippen molar-refractivity contribution in [2.75, 3.05) is 33.9 Å². The minimum Gasteiger partial charge on any atom is -0.493 e. The van der Waals surface area contributed by atoms with Crippen molar-refractivity contribution in [2.45, 2.75) is 39.7 Å². The van der Waals surface area contributed by atoms with E-state index in [9.17, 15) is 10.1 Å². The number of pyridine rings is 1. The van der Waals surface area contributed by atoms with Crippen LogP contribution in [-0.2, 0) is 6.54 Å². The van der Waals surface area contributed by atoms with Crippen molar-refractivity contribution in [1.29, 1.82) is 5.26 Å². The van der Waals surface area contributed by atoms with Crippen molar-refractivity contribution < 1.29 is 14.2 Å². The first-order valence-electron chi connectivity index (χ1n) is 11.2. The van der Waals surface area contributed by atoms with Gasteiger partial charge in [0.1, 0.15) is 17.4 Å². The van der Waals surface area contributed by atoms with Crippen LogP contribution in [0.4, 0.5) is 0 Å². The maximum absolute atomic E-state index is 13.8. The number of ether oxygens (including phenoxy) is 3. The van der Waals surface area contributed by atoms with E-state index in [4.69, 9.17) is 19.9 Å². The summed E-state index contributed by atoms with van der Waals surface area (Å²) in [4.78, 5) is 16.1. The summed E-state index contributed by atoms with van der Waals surface area (Å²) in [6, 6.07) is 9.34. The molecular formula is C25H32N4O4. The number of fused-ring (bicyclic) bond motifs is 1. The highest BCUT2D eigenvalue weighted by atomic mass is 16.5. The van der Waals surface area contributed by atoms with Gasteiger partial charge in [0.25, 0.3) is 5.56 Å². The minimum atomic E-state index is -0.731. The van der Waals surface area contributed by atoms with Gasteiger partial charge in [-0.15, -0.1) is 0 Å². The van der Waals surface area contributed by atoms with Gasteiger partial charge in [-0.3, -0.25) is 4.79 Å². The molecule has 8 nitrogen and oxygen atoms in total. The second-order valence-corrected chi connectivity index (χ2v) is 7.91. The van der Waals surface area contributed by atoms with Gasteiger partial charge in [0.15, 0.2) is 11.5 Å². The highest BCUT2D eigenvalue weighted by Crippen LogP contribution is 2.46. The zero-order valence-corrected chi connectivity index (χ0v) is 20.0. The lowest BCUT2D eigenvalue weighted by Crippen LogP contribution is -2.34. The van der Waals surface area contributed by atoms with Crippen LogP contribution in [0.15, 0.2) is 40.5 Å². The third-order valence-electron chi connectivity index (χ3n) is 6.18. The van der Waals surface area contributed by atoms with Gasteiger partial charge in [-0.05, 0) is 39.0 Å². The molecule has 0 bridgehead atoms. The smallest absolute Gasteiger partial charge is 0.258 e. The molecule has 8 heteroatoms. The van der Waals surface area contributed by atoms with Crippen molar-refractivity contribution >= 4 is 0 Å². The van der Waals surface area contributed by atoms with Gasteiger partial charge in [0, 0.05) is 23.9 Å². The maximum atomic E-state index is 13.8. The number of nitrogens with zero attached hydrogens (tertiary/aromatic N) is 3. The molecule has 0 radical (unpaired) electrons. The molecule has 0 fully saturated rings. The average Bonchev–Trinajstić information content (AvgIpc) is 2.82. The number of nitrogens with two attached hydrogens (primary N) is 1. The molecule has 0 saturated heterocycles. The molecule has 1 aliphatic rings. The molecule has 176 valence electrons. The first-order chi connectivity index (χ1) is 15.9. The van der Waals surface area contributed by atoms with Crippen LogP contribution in [0, 0.1) is 18.3 Å². The number of hydrogen-bond acceptors (Lipinski definition) is 7. The zero-order valence-electron chi connectivity index (χ0n) is 20.0. The first-order valence-corrected chi connectivity index (χ1v) is 11.2. The molecule has 0 saturated carbocycles. The number of para-hydroxylation sites is 1. The van der Waals surface area contributed by atoms with Gasteiger partial charge in [-0.1, -0.05) is 26.0 Å². The Balaban J connectivity index is 2.16. The molecular weight excluding hydrogens is 420 g/mol. The lowest BCUT2D eigenvalue weighted by molar-refractivity contribution is 0.292.